The van der Waals surface area contributed by atoms with E-state index in [4.69, 9.17) is 15.2 Å². The van der Waals surface area contributed by atoms with Gasteiger partial charge in [0.25, 0.3) is 0 Å². The largest absolute Gasteiger partial charge is 0.494 e. The maximum Gasteiger partial charge on any atom is 0.236 e. The monoisotopic (exact) mass is 430 g/mol. The fourth-order valence-electron chi connectivity index (χ4n) is 4.33. The first-order valence-corrected chi connectivity index (χ1v) is 11.1. The number of hydrogen-bond acceptors (Lipinski definition) is 8. The molecule has 4 rings (SSSR count). The highest BCUT2D eigenvalue weighted by molar-refractivity contribution is 5.60. The second-order valence-corrected chi connectivity index (χ2v) is 8.27. The van der Waals surface area contributed by atoms with Gasteiger partial charge in [0, 0.05) is 24.9 Å². The normalized spacial score (nSPS) is 19.4. The number of rotatable bonds is 8. The molecule has 0 radical (unpaired) electrons. The summed E-state index contributed by atoms with van der Waals surface area (Å²) in [6, 6.07) is 4.80. The van der Waals surface area contributed by atoms with E-state index in [-0.39, 0.29) is 17.8 Å². The third-order valence-corrected chi connectivity index (χ3v) is 6.01. The second kappa shape index (κ2) is 10.1. The molecular weight excluding hydrogens is 399 g/mol. The Morgan fingerprint density at radius 2 is 2.00 bits per heavy atom. The summed E-state index contributed by atoms with van der Waals surface area (Å²) in [4.78, 5) is 15.1. The molecule has 2 fully saturated rings. The summed E-state index contributed by atoms with van der Waals surface area (Å²) in [5.74, 6) is 1.30. The molecular formula is C22H31FN6O2. The quantitative estimate of drug-likeness (QED) is 0.650. The number of nitrogens with one attached hydrogen (secondary N) is 1. The van der Waals surface area contributed by atoms with Crippen molar-refractivity contribution in [2.24, 2.45) is 5.92 Å². The van der Waals surface area contributed by atoms with Gasteiger partial charge >= 0.3 is 0 Å². The molecule has 1 aliphatic carbocycles. The van der Waals surface area contributed by atoms with Crippen molar-refractivity contribution in [1.82, 2.24) is 15.0 Å². The van der Waals surface area contributed by atoms with E-state index in [9.17, 15) is 4.39 Å². The summed E-state index contributed by atoms with van der Waals surface area (Å²) >= 11 is 0. The topological polar surface area (TPSA) is 98.4 Å². The first-order chi connectivity index (χ1) is 15.1. The minimum atomic E-state index is -0.449. The van der Waals surface area contributed by atoms with E-state index in [1.54, 1.807) is 12.1 Å². The summed E-state index contributed by atoms with van der Waals surface area (Å²) in [5.41, 5.74) is 6.62. The zero-order valence-electron chi connectivity index (χ0n) is 18.0. The summed E-state index contributed by atoms with van der Waals surface area (Å²) in [7, 11) is 1.44. The van der Waals surface area contributed by atoms with Crippen LogP contribution < -0.4 is 20.7 Å². The first kappa shape index (κ1) is 21.5. The number of anilines is 4. The lowest BCUT2D eigenvalue weighted by molar-refractivity contribution is 0.117. The average molecular weight is 431 g/mol. The number of nitrogen functional groups attached to an aromatic ring is 1. The second-order valence-electron chi connectivity index (χ2n) is 8.27. The van der Waals surface area contributed by atoms with Gasteiger partial charge in [-0.1, -0.05) is 19.3 Å². The highest BCUT2D eigenvalue weighted by Gasteiger charge is 2.24. The van der Waals surface area contributed by atoms with Crippen molar-refractivity contribution < 1.29 is 13.9 Å². The number of benzene rings is 1. The van der Waals surface area contributed by atoms with Crippen LogP contribution in [0, 0.1) is 11.7 Å². The fraction of sp³-hybridized carbons (Fsp3) is 0.591. The van der Waals surface area contributed by atoms with Gasteiger partial charge < -0.3 is 25.4 Å². The van der Waals surface area contributed by atoms with Crippen LogP contribution in [0.4, 0.5) is 27.9 Å². The molecule has 1 unspecified atom stereocenters. The Morgan fingerprint density at radius 3 is 2.71 bits per heavy atom. The van der Waals surface area contributed by atoms with Gasteiger partial charge in [-0.2, -0.15) is 15.0 Å². The molecule has 0 spiro atoms. The van der Waals surface area contributed by atoms with Gasteiger partial charge in [0.2, 0.25) is 17.8 Å². The molecule has 0 bridgehead atoms. The van der Waals surface area contributed by atoms with E-state index in [1.807, 2.05) is 4.90 Å². The number of ether oxygens (including phenoxy) is 2. The molecule has 1 saturated heterocycles. The Hall–Kier alpha value is -2.68. The molecule has 2 aliphatic rings. The van der Waals surface area contributed by atoms with Crippen LogP contribution in [0.15, 0.2) is 18.2 Å². The molecule has 3 N–H and O–H groups in total. The van der Waals surface area contributed by atoms with Crippen LogP contribution in [0.25, 0.3) is 0 Å². The van der Waals surface area contributed by atoms with Crippen molar-refractivity contribution in [3.05, 3.63) is 24.0 Å². The molecule has 1 aliphatic heterocycles. The van der Waals surface area contributed by atoms with E-state index < -0.39 is 5.82 Å². The zero-order chi connectivity index (χ0) is 21.6. The lowest BCUT2D eigenvalue weighted by Crippen LogP contribution is -2.30. The number of aromatic nitrogens is 3. The SMILES string of the molecule is COc1ccc(N(CC2CCCO2)c2nc(N)nc(NCC3CCCCC3)n2)cc1F. The Morgan fingerprint density at radius 1 is 1.16 bits per heavy atom. The highest BCUT2D eigenvalue weighted by Crippen LogP contribution is 2.30. The molecule has 9 heteroatoms. The van der Waals surface area contributed by atoms with Crippen molar-refractivity contribution in [1.29, 1.82) is 0 Å². The number of nitrogens with two attached hydrogens (primary N) is 1. The van der Waals surface area contributed by atoms with E-state index in [1.165, 1.54) is 45.3 Å². The predicted molar refractivity (Wildman–Crippen MR) is 118 cm³/mol. The Bertz CT molecular complexity index is 871. The van der Waals surface area contributed by atoms with Crippen LogP contribution in [-0.4, -0.2) is 47.9 Å². The van der Waals surface area contributed by atoms with E-state index >= 15 is 0 Å². The minimum Gasteiger partial charge on any atom is -0.494 e. The molecule has 1 aromatic carbocycles. The van der Waals surface area contributed by atoms with Crippen molar-refractivity contribution in [3.8, 4) is 5.75 Å². The number of nitrogens with zero attached hydrogens (tertiary/aromatic N) is 4. The first-order valence-electron chi connectivity index (χ1n) is 11.1. The Kier molecular flexibility index (Phi) is 7.01. The molecule has 1 aromatic heterocycles. The van der Waals surface area contributed by atoms with Crippen LogP contribution in [-0.2, 0) is 4.74 Å². The van der Waals surface area contributed by atoms with Crippen LogP contribution in [0.1, 0.15) is 44.9 Å². The van der Waals surface area contributed by atoms with Gasteiger partial charge in [-0.25, -0.2) is 4.39 Å². The van der Waals surface area contributed by atoms with Crippen LogP contribution >= 0.6 is 0 Å². The number of methoxy groups -OCH3 is 1. The molecule has 8 nitrogen and oxygen atoms in total. The number of hydrogen-bond donors (Lipinski definition) is 2. The Balaban J connectivity index is 1.58. The van der Waals surface area contributed by atoms with Gasteiger partial charge in [0.1, 0.15) is 0 Å². The van der Waals surface area contributed by atoms with Gasteiger partial charge in [-0.3, -0.25) is 0 Å². The molecule has 1 saturated carbocycles. The average Bonchev–Trinajstić information content (AvgIpc) is 3.30. The van der Waals surface area contributed by atoms with E-state index in [2.05, 4.69) is 20.3 Å². The standard InChI is InChI=1S/C22H31FN6O2/c1-30-19-10-9-16(12-18(19)23)29(14-17-8-5-11-31-17)22-27-20(24)26-21(28-22)25-13-15-6-3-2-4-7-15/h9-10,12,15,17H,2-8,11,13-14H2,1H3,(H3,24,25,26,27,28). The third-order valence-electron chi connectivity index (χ3n) is 6.01. The summed E-state index contributed by atoms with van der Waals surface area (Å²) < 4.78 is 25.3. The lowest BCUT2D eigenvalue weighted by Gasteiger charge is -2.26. The van der Waals surface area contributed by atoms with Gasteiger partial charge in [-0.05, 0) is 43.7 Å². The zero-order valence-corrected chi connectivity index (χ0v) is 18.0. The Labute approximate surface area is 182 Å². The predicted octanol–water partition coefficient (Wildman–Crippen LogP) is 3.91. The van der Waals surface area contributed by atoms with Crippen LogP contribution in [0.3, 0.4) is 0 Å². The maximum atomic E-state index is 14.5. The molecule has 1 atom stereocenters. The van der Waals surface area contributed by atoms with Crippen molar-refractivity contribution in [3.63, 3.8) is 0 Å². The maximum absolute atomic E-state index is 14.5. The third kappa shape index (κ3) is 5.52. The fourth-order valence-corrected chi connectivity index (χ4v) is 4.33. The summed E-state index contributed by atoms with van der Waals surface area (Å²) in [6.45, 7) is 2.03. The van der Waals surface area contributed by atoms with Crippen molar-refractivity contribution >= 4 is 23.5 Å². The molecule has 31 heavy (non-hydrogen) atoms. The number of halogens is 1. The van der Waals surface area contributed by atoms with E-state index in [0.29, 0.717) is 30.0 Å². The summed E-state index contributed by atoms with van der Waals surface area (Å²) in [5, 5.41) is 3.33. The van der Waals surface area contributed by atoms with Crippen molar-refractivity contribution in [2.45, 2.75) is 51.0 Å². The molecule has 168 valence electrons. The van der Waals surface area contributed by atoms with E-state index in [0.717, 1.165) is 26.0 Å². The van der Waals surface area contributed by atoms with Crippen LogP contribution in [0.5, 0.6) is 5.75 Å². The molecule has 2 aromatic rings. The molecule has 2 heterocycles. The highest BCUT2D eigenvalue weighted by atomic mass is 19.1. The minimum absolute atomic E-state index is 0.0156. The summed E-state index contributed by atoms with van der Waals surface area (Å²) in [6.07, 6.45) is 8.25. The molecule has 0 amide bonds. The van der Waals surface area contributed by atoms with Gasteiger partial charge in [0.05, 0.1) is 19.8 Å². The van der Waals surface area contributed by atoms with Crippen LogP contribution in [0.2, 0.25) is 0 Å². The van der Waals surface area contributed by atoms with Gasteiger partial charge in [0.15, 0.2) is 11.6 Å². The lowest BCUT2D eigenvalue weighted by atomic mass is 9.89. The van der Waals surface area contributed by atoms with Gasteiger partial charge in [-0.15, -0.1) is 0 Å². The smallest absolute Gasteiger partial charge is 0.236 e. The van der Waals surface area contributed by atoms with Crippen molar-refractivity contribution in [2.75, 3.05) is 42.8 Å².